The summed E-state index contributed by atoms with van der Waals surface area (Å²) in [5.74, 6) is 1.09. The zero-order chi connectivity index (χ0) is 12.1. The third-order valence-corrected chi connectivity index (χ3v) is 3.11. The van der Waals surface area contributed by atoms with E-state index in [1.807, 2.05) is 19.4 Å². The van der Waals surface area contributed by atoms with E-state index >= 15 is 0 Å². The SMILES string of the molecule is CCC(CNC(C)c1nccn1C)N(C)C. The number of nitrogens with zero attached hydrogens (tertiary/aromatic N) is 3. The molecule has 4 heteroatoms. The molecular formula is C12H24N4. The zero-order valence-electron chi connectivity index (χ0n) is 11.1. The Labute approximate surface area is 98.7 Å². The quantitative estimate of drug-likeness (QED) is 0.793. The highest BCUT2D eigenvalue weighted by Gasteiger charge is 2.13. The van der Waals surface area contributed by atoms with Crippen LogP contribution in [-0.2, 0) is 7.05 Å². The molecule has 1 N–H and O–H groups in total. The first-order valence-corrected chi connectivity index (χ1v) is 5.93. The molecule has 0 saturated heterocycles. The molecule has 92 valence electrons. The van der Waals surface area contributed by atoms with Crippen molar-refractivity contribution in [3.8, 4) is 0 Å². The summed E-state index contributed by atoms with van der Waals surface area (Å²) < 4.78 is 2.06. The van der Waals surface area contributed by atoms with Crippen molar-refractivity contribution in [2.24, 2.45) is 7.05 Å². The number of nitrogens with one attached hydrogen (secondary N) is 1. The molecular weight excluding hydrogens is 200 g/mol. The molecule has 2 atom stereocenters. The van der Waals surface area contributed by atoms with Crippen molar-refractivity contribution in [3.05, 3.63) is 18.2 Å². The van der Waals surface area contributed by atoms with Crippen LogP contribution in [0.15, 0.2) is 12.4 Å². The van der Waals surface area contributed by atoms with Gasteiger partial charge in [-0.2, -0.15) is 0 Å². The second kappa shape index (κ2) is 6.01. The Bertz CT molecular complexity index is 306. The van der Waals surface area contributed by atoms with Gasteiger partial charge < -0.3 is 14.8 Å². The van der Waals surface area contributed by atoms with Gasteiger partial charge in [-0.15, -0.1) is 0 Å². The number of aryl methyl sites for hydroxylation is 1. The van der Waals surface area contributed by atoms with Crippen molar-refractivity contribution in [1.82, 2.24) is 19.8 Å². The van der Waals surface area contributed by atoms with Crippen LogP contribution >= 0.6 is 0 Å². The minimum absolute atomic E-state index is 0.300. The first-order chi connectivity index (χ1) is 7.56. The van der Waals surface area contributed by atoms with Crippen LogP contribution in [0.25, 0.3) is 0 Å². The van der Waals surface area contributed by atoms with Gasteiger partial charge in [0, 0.05) is 32.0 Å². The topological polar surface area (TPSA) is 33.1 Å². The fourth-order valence-corrected chi connectivity index (χ4v) is 1.89. The van der Waals surface area contributed by atoms with E-state index in [-0.39, 0.29) is 0 Å². The Balaban J connectivity index is 2.46. The molecule has 1 heterocycles. The van der Waals surface area contributed by atoms with Crippen LogP contribution in [0.1, 0.15) is 32.1 Å². The molecule has 1 aromatic rings. The van der Waals surface area contributed by atoms with Gasteiger partial charge in [0.15, 0.2) is 0 Å². The second-order valence-electron chi connectivity index (χ2n) is 4.55. The number of hydrogen-bond acceptors (Lipinski definition) is 3. The summed E-state index contributed by atoms with van der Waals surface area (Å²) in [5.41, 5.74) is 0. The molecule has 0 fully saturated rings. The average Bonchev–Trinajstić information content (AvgIpc) is 2.64. The molecule has 1 rings (SSSR count). The van der Waals surface area contributed by atoms with Crippen molar-refractivity contribution >= 4 is 0 Å². The van der Waals surface area contributed by atoms with Crippen LogP contribution < -0.4 is 5.32 Å². The zero-order valence-corrected chi connectivity index (χ0v) is 11.1. The average molecular weight is 224 g/mol. The molecule has 0 amide bonds. The highest BCUT2D eigenvalue weighted by molar-refractivity contribution is 4.97. The summed E-state index contributed by atoms with van der Waals surface area (Å²) in [6.45, 7) is 5.38. The van der Waals surface area contributed by atoms with Gasteiger partial charge in [-0.3, -0.25) is 0 Å². The molecule has 0 aliphatic heterocycles. The summed E-state index contributed by atoms with van der Waals surface area (Å²) in [4.78, 5) is 6.61. The standard InChI is InChI=1S/C12H24N4/c1-6-11(15(3)4)9-14-10(2)12-13-7-8-16(12)5/h7-8,10-11,14H,6,9H2,1-5H3. The first kappa shape index (κ1) is 13.2. The van der Waals surface area contributed by atoms with Crippen molar-refractivity contribution in [1.29, 1.82) is 0 Å². The Morgan fingerprint density at radius 1 is 1.50 bits per heavy atom. The summed E-state index contributed by atoms with van der Waals surface area (Å²) in [6.07, 6.45) is 4.99. The van der Waals surface area contributed by atoms with E-state index in [0.717, 1.165) is 18.8 Å². The van der Waals surface area contributed by atoms with Gasteiger partial charge in [0.2, 0.25) is 0 Å². The van der Waals surface area contributed by atoms with Gasteiger partial charge in [-0.25, -0.2) is 4.98 Å². The molecule has 2 unspecified atom stereocenters. The van der Waals surface area contributed by atoms with Gasteiger partial charge in [0.05, 0.1) is 6.04 Å². The lowest BCUT2D eigenvalue weighted by Gasteiger charge is -2.25. The minimum atomic E-state index is 0.300. The van der Waals surface area contributed by atoms with E-state index in [2.05, 4.69) is 47.7 Å². The third kappa shape index (κ3) is 3.32. The molecule has 0 radical (unpaired) electrons. The van der Waals surface area contributed by atoms with Gasteiger partial charge in [0.1, 0.15) is 5.82 Å². The maximum Gasteiger partial charge on any atom is 0.125 e. The number of hydrogen-bond donors (Lipinski definition) is 1. The van der Waals surface area contributed by atoms with Crippen LogP contribution in [0, 0.1) is 0 Å². The normalized spacial score (nSPS) is 15.4. The monoisotopic (exact) mass is 224 g/mol. The lowest BCUT2D eigenvalue weighted by atomic mass is 10.2. The van der Waals surface area contributed by atoms with Gasteiger partial charge in [0.25, 0.3) is 0 Å². The van der Waals surface area contributed by atoms with E-state index in [1.54, 1.807) is 0 Å². The summed E-state index contributed by atoms with van der Waals surface area (Å²) >= 11 is 0. The van der Waals surface area contributed by atoms with Crippen LogP contribution in [0.4, 0.5) is 0 Å². The van der Waals surface area contributed by atoms with E-state index in [1.165, 1.54) is 0 Å². The van der Waals surface area contributed by atoms with Crippen LogP contribution in [0.5, 0.6) is 0 Å². The van der Waals surface area contributed by atoms with Crippen molar-refractivity contribution in [3.63, 3.8) is 0 Å². The number of imidazole rings is 1. The minimum Gasteiger partial charge on any atom is -0.337 e. The highest BCUT2D eigenvalue weighted by atomic mass is 15.1. The van der Waals surface area contributed by atoms with Crippen molar-refractivity contribution in [2.45, 2.75) is 32.4 Å². The fourth-order valence-electron chi connectivity index (χ4n) is 1.89. The Hall–Kier alpha value is -0.870. The molecule has 0 aliphatic carbocycles. The predicted octanol–water partition coefficient (Wildman–Crippen LogP) is 1.41. The molecule has 16 heavy (non-hydrogen) atoms. The Morgan fingerprint density at radius 3 is 2.62 bits per heavy atom. The molecule has 1 aromatic heterocycles. The summed E-state index contributed by atoms with van der Waals surface area (Å²) in [6, 6.07) is 0.886. The predicted molar refractivity (Wildman–Crippen MR) is 67.4 cm³/mol. The maximum atomic E-state index is 4.35. The molecule has 0 aromatic carbocycles. The van der Waals surface area contributed by atoms with E-state index < -0.39 is 0 Å². The van der Waals surface area contributed by atoms with Gasteiger partial charge in [-0.1, -0.05) is 6.92 Å². The van der Waals surface area contributed by atoms with Crippen molar-refractivity contribution in [2.75, 3.05) is 20.6 Å². The molecule has 0 saturated carbocycles. The lowest BCUT2D eigenvalue weighted by molar-refractivity contribution is 0.268. The summed E-state index contributed by atoms with van der Waals surface area (Å²) in [7, 11) is 6.28. The van der Waals surface area contributed by atoms with E-state index in [9.17, 15) is 0 Å². The maximum absolute atomic E-state index is 4.35. The lowest BCUT2D eigenvalue weighted by Crippen LogP contribution is -2.38. The highest BCUT2D eigenvalue weighted by Crippen LogP contribution is 2.09. The number of likely N-dealkylation sites (N-methyl/N-ethyl adjacent to an activating group) is 1. The third-order valence-electron chi connectivity index (χ3n) is 3.11. The Kier molecular flexibility index (Phi) is 4.96. The van der Waals surface area contributed by atoms with Crippen LogP contribution in [-0.4, -0.2) is 41.1 Å². The van der Waals surface area contributed by atoms with Crippen LogP contribution in [0.3, 0.4) is 0 Å². The number of rotatable bonds is 6. The fraction of sp³-hybridized carbons (Fsp3) is 0.750. The van der Waals surface area contributed by atoms with Gasteiger partial charge in [-0.05, 0) is 27.4 Å². The molecule has 4 nitrogen and oxygen atoms in total. The summed E-state index contributed by atoms with van der Waals surface area (Å²) in [5, 5.41) is 3.53. The first-order valence-electron chi connectivity index (χ1n) is 5.93. The van der Waals surface area contributed by atoms with Crippen LogP contribution in [0.2, 0.25) is 0 Å². The number of aromatic nitrogens is 2. The molecule has 0 bridgehead atoms. The molecule has 0 aliphatic rings. The molecule has 0 spiro atoms. The Morgan fingerprint density at radius 2 is 2.19 bits per heavy atom. The van der Waals surface area contributed by atoms with E-state index in [0.29, 0.717) is 12.1 Å². The largest absolute Gasteiger partial charge is 0.337 e. The second-order valence-corrected chi connectivity index (χ2v) is 4.55. The van der Waals surface area contributed by atoms with E-state index in [4.69, 9.17) is 0 Å². The smallest absolute Gasteiger partial charge is 0.125 e. The van der Waals surface area contributed by atoms with Gasteiger partial charge >= 0.3 is 0 Å². The van der Waals surface area contributed by atoms with Crippen molar-refractivity contribution < 1.29 is 0 Å².